The second-order valence-electron chi connectivity index (χ2n) is 7.25. The van der Waals surface area contributed by atoms with Gasteiger partial charge in [0.25, 0.3) is 0 Å². The summed E-state index contributed by atoms with van der Waals surface area (Å²) < 4.78 is 8.18. The Labute approximate surface area is 175 Å². The molecule has 2 heterocycles. The van der Waals surface area contributed by atoms with Crippen molar-refractivity contribution < 1.29 is 9.53 Å². The normalized spacial score (nSPS) is 11.0. The average molecular weight is 400 g/mol. The van der Waals surface area contributed by atoms with Crippen LogP contribution in [0.25, 0.3) is 10.8 Å². The summed E-state index contributed by atoms with van der Waals surface area (Å²) in [5.74, 6) is 0.615. The number of pyridine rings is 1. The quantitative estimate of drug-likeness (QED) is 0.490. The topological polar surface area (TPSA) is 82.2 Å². The first-order valence-corrected chi connectivity index (χ1v) is 9.79. The Morgan fingerprint density at radius 3 is 2.50 bits per heavy atom. The zero-order valence-corrected chi connectivity index (χ0v) is 17.1. The van der Waals surface area contributed by atoms with Gasteiger partial charge in [-0.25, -0.2) is 4.98 Å². The highest BCUT2D eigenvalue weighted by molar-refractivity contribution is 5.92. The first-order valence-electron chi connectivity index (χ1n) is 9.79. The maximum absolute atomic E-state index is 11.2. The number of aryl methyl sites for hydroxylation is 1. The molecule has 0 saturated heterocycles. The highest BCUT2D eigenvalue weighted by Crippen LogP contribution is 2.31. The fourth-order valence-electron chi connectivity index (χ4n) is 3.45. The summed E-state index contributed by atoms with van der Waals surface area (Å²) in [6.07, 6.45) is 1.42. The van der Waals surface area contributed by atoms with Crippen LogP contribution in [0.2, 0.25) is 0 Å². The minimum atomic E-state index is -0.512. The van der Waals surface area contributed by atoms with E-state index in [1.807, 2.05) is 24.3 Å². The van der Waals surface area contributed by atoms with Crippen molar-refractivity contribution in [3.8, 4) is 11.6 Å². The first kappa shape index (κ1) is 19.7. The van der Waals surface area contributed by atoms with Gasteiger partial charge in [0.1, 0.15) is 5.75 Å². The van der Waals surface area contributed by atoms with Gasteiger partial charge in [-0.2, -0.15) is 0 Å². The summed E-state index contributed by atoms with van der Waals surface area (Å²) in [6, 6.07) is 19.7. The minimum absolute atomic E-state index is 0.349. The fourth-order valence-corrected chi connectivity index (χ4v) is 3.45. The van der Waals surface area contributed by atoms with Gasteiger partial charge in [-0.3, -0.25) is 4.79 Å². The largest absolute Gasteiger partial charge is 0.438 e. The third-order valence-corrected chi connectivity index (χ3v) is 5.31. The van der Waals surface area contributed by atoms with Crippen molar-refractivity contribution in [1.29, 1.82) is 0 Å². The fraction of sp³-hybridized carbons (Fsp3) is 0.167. The number of fused-ring (bicyclic) bond motifs is 1. The molecule has 0 atom stereocenters. The minimum Gasteiger partial charge on any atom is -0.438 e. The number of nitrogens with two attached hydrogens (primary N) is 1. The van der Waals surface area contributed by atoms with E-state index in [0.717, 1.165) is 23.9 Å². The molecule has 2 aromatic carbocycles. The van der Waals surface area contributed by atoms with Gasteiger partial charge in [-0.05, 0) is 42.1 Å². The van der Waals surface area contributed by atoms with Crippen LogP contribution in [-0.4, -0.2) is 15.5 Å². The van der Waals surface area contributed by atoms with Crippen molar-refractivity contribution in [3.63, 3.8) is 0 Å². The lowest BCUT2D eigenvalue weighted by Gasteiger charge is -2.13. The number of amides is 1. The molecule has 6 nitrogen and oxygen atoms in total. The van der Waals surface area contributed by atoms with Crippen molar-refractivity contribution in [1.82, 2.24) is 14.9 Å². The molecule has 152 valence electrons. The van der Waals surface area contributed by atoms with Crippen LogP contribution in [0.15, 0.2) is 66.9 Å². The number of hydrogen-bond acceptors (Lipinski definition) is 4. The van der Waals surface area contributed by atoms with Crippen LogP contribution < -0.4 is 15.8 Å². The van der Waals surface area contributed by atoms with Crippen LogP contribution >= 0.6 is 0 Å². The summed E-state index contributed by atoms with van der Waals surface area (Å²) in [4.78, 5) is 15.4. The summed E-state index contributed by atoms with van der Waals surface area (Å²) in [5, 5.41) is 5.66. The Hall–Kier alpha value is -3.64. The second kappa shape index (κ2) is 8.39. The molecule has 1 amide bonds. The third-order valence-electron chi connectivity index (χ3n) is 5.31. The summed E-state index contributed by atoms with van der Waals surface area (Å²) in [6.45, 7) is 3.65. The lowest BCUT2D eigenvalue weighted by Crippen LogP contribution is -2.15. The van der Waals surface area contributed by atoms with E-state index in [1.54, 1.807) is 12.1 Å². The molecule has 0 radical (unpaired) electrons. The standard InChI is InChI=1S/C24H24N4O2/c1-16-7-10-19(28(16)2)15-26-13-17-8-11-22(21-6-4-3-5-20(17)21)30-23-12-9-18(14-27-23)24(25)29/h3-12,14,26H,13,15H2,1-2H3,(H2,25,29). The summed E-state index contributed by atoms with van der Waals surface area (Å²) in [5.41, 5.74) is 9.31. The lowest BCUT2D eigenvalue weighted by atomic mass is 10.0. The molecule has 0 unspecified atom stereocenters. The Bertz CT molecular complexity index is 1200. The highest BCUT2D eigenvalue weighted by Gasteiger charge is 2.09. The monoisotopic (exact) mass is 400 g/mol. The van der Waals surface area contributed by atoms with Crippen LogP contribution in [0.1, 0.15) is 27.3 Å². The molecule has 4 rings (SSSR count). The van der Waals surface area contributed by atoms with Gasteiger partial charge in [0, 0.05) is 49.2 Å². The number of rotatable bonds is 7. The number of primary amides is 1. The van der Waals surface area contributed by atoms with E-state index in [4.69, 9.17) is 10.5 Å². The maximum atomic E-state index is 11.2. The molecule has 0 saturated carbocycles. The Morgan fingerprint density at radius 2 is 1.83 bits per heavy atom. The van der Waals surface area contributed by atoms with Gasteiger partial charge in [0.2, 0.25) is 11.8 Å². The van der Waals surface area contributed by atoms with E-state index in [0.29, 0.717) is 17.2 Å². The van der Waals surface area contributed by atoms with E-state index in [9.17, 15) is 4.79 Å². The van der Waals surface area contributed by atoms with Crippen molar-refractivity contribution in [2.24, 2.45) is 12.8 Å². The molecule has 0 aliphatic heterocycles. The number of nitrogens with one attached hydrogen (secondary N) is 1. The van der Waals surface area contributed by atoms with Gasteiger partial charge in [-0.1, -0.05) is 30.3 Å². The van der Waals surface area contributed by atoms with Crippen molar-refractivity contribution in [2.75, 3.05) is 0 Å². The van der Waals surface area contributed by atoms with E-state index in [-0.39, 0.29) is 0 Å². The second-order valence-corrected chi connectivity index (χ2v) is 7.25. The molecule has 0 bridgehead atoms. The predicted molar refractivity (Wildman–Crippen MR) is 117 cm³/mol. The molecular weight excluding hydrogens is 376 g/mol. The third kappa shape index (κ3) is 4.04. The van der Waals surface area contributed by atoms with Crippen molar-refractivity contribution >= 4 is 16.7 Å². The van der Waals surface area contributed by atoms with E-state index in [1.165, 1.54) is 23.1 Å². The van der Waals surface area contributed by atoms with Crippen LogP contribution in [0.5, 0.6) is 11.6 Å². The van der Waals surface area contributed by atoms with E-state index in [2.05, 4.69) is 53.1 Å². The van der Waals surface area contributed by atoms with Gasteiger partial charge < -0.3 is 20.4 Å². The Balaban J connectivity index is 1.53. The first-order chi connectivity index (χ1) is 14.5. The van der Waals surface area contributed by atoms with Gasteiger partial charge in [-0.15, -0.1) is 0 Å². The molecule has 30 heavy (non-hydrogen) atoms. The number of carbonyl (C=O) groups excluding carboxylic acids is 1. The molecule has 0 spiro atoms. The molecular formula is C24H24N4O2. The molecule has 0 aliphatic carbocycles. The molecule has 2 aromatic heterocycles. The number of aromatic nitrogens is 2. The predicted octanol–water partition coefficient (Wildman–Crippen LogP) is 4.06. The van der Waals surface area contributed by atoms with E-state index < -0.39 is 5.91 Å². The van der Waals surface area contributed by atoms with Gasteiger partial charge in [0.15, 0.2) is 0 Å². The SMILES string of the molecule is Cc1ccc(CNCc2ccc(Oc3ccc(C(N)=O)cn3)c3ccccc23)n1C. The Morgan fingerprint density at radius 1 is 1.03 bits per heavy atom. The van der Waals surface area contributed by atoms with Crippen molar-refractivity contribution in [3.05, 3.63) is 89.4 Å². The number of carbonyl (C=O) groups is 1. The van der Waals surface area contributed by atoms with Gasteiger partial charge in [0.05, 0.1) is 5.56 Å². The van der Waals surface area contributed by atoms with Crippen LogP contribution in [0.3, 0.4) is 0 Å². The molecule has 4 aromatic rings. The zero-order valence-electron chi connectivity index (χ0n) is 17.1. The van der Waals surface area contributed by atoms with E-state index >= 15 is 0 Å². The number of benzene rings is 2. The molecule has 6 heteroatoms. The summed E-state index contributed by atoms with van der Waals surface area (Å²) >= 11 is 0. The number of ether oxygens (including phenoxy) is 1. The van der Waals surface area contributed by atoms with Crippen LogP contribution in [0, 0.1) is 6.92 Å². The number of hydrogen-bond donors (Lipinski definition) is 2. The Kier molecular flexibility index (Phi) is 5.50. The summed E-state index contributed by atoms with van der Waals surface area (Å²) in [7, 11) is 2.08. The molecule has 0 fully saturated rings. The highest BCUT2D eigenvalue weighted by atomic mass is 16.5. The van der Waals surface area contributed by atoms with Crippen LogP contribution in [0.4, 0.5) is 0 Å². The number of nitrogens with zero attached hydrogens (tertiary/aromatic N) is 2. The van der Waals surface area contributed by atoms with Crippen molar-refractivity contribution in [2.45, 2.75) is 20.0 Å². The maximum Gasteiger partial charge on any atom is 0.250 e. The smallest absolute Gasteiger partial charge is 0.250 e. The molecule has 0 aliphatic rings. The lowest BCUT2D eigenvalue weighted by molar-refractivity contribution is 0.1000. The van der Waals surface area contributed by atoms with Crippen LogP contribution in [-0.2, 0) is 20.1 Å². The zero-order chi connectivity index (χ0) is 21.1. The average Bonchev–Trinajstić information content (AvgIpc) is 3.08. The van der Waals surface area contributed by atoms with Gasteiger partial charge >= 0.3 is 0 Å². The molecule has 3 N–H and O–H groups in total.